The maximum atomic E-state index is 11.5. The third-order valence-electron chi connectivity index (χ3n) is 2.62. The maximum Gasteiger partial charge on any atom is 0.155 e. The Balaban J connectivity index is 2.85. The fourth-order valence-electron chi connectivity index (χ4n) is 1.73. The third kappa shape index (κ3) is 2.23. The second-order valence-electron chi connectivity index (χ2n) is 4.86. The molecule has 2 atom stereocenters. The van der Waals surface area contributed by atoms with E-state index >= 15 is 0 Å². The van der Waals surface area contributed by atoms with Crippen molar-refractivity contribution in [2.45, 2.75) is 45.0 Å². The Kier molecular flexibility index (Phi) is 2.74. The molecule has 0 bridgehead atoms. The summed E-state index contributed by atoms with van der Waals surface area (Å²) in [6.07, 6.45) is 0.570. The molecule has 1 heterocycles. The molecule has 0 aromatic heterocycles. The van der Waals surface area contributed by atoms with E-state index in [1.165, 1.54) is 0 Å². The van der Waals surface area contributed by atoms with Crippen LogP contribution in [0.15, 0.2) is 0 Å². The summed E-state index contributed by atoms with van der Waals surface area (Å²) in [5, 5.41) is 9.31. The van der Waals surface area contributed by atoms with Gasteiger partial charge in [-0.1, -0.05) is 20.8 Å². The molecule has 78 valence electrons. The van der Waals surface area contributed by atoms with E-state index in [-0.39, 0.29) is 11.2 Å². The monoisotopic (exact) mass is 206 g/mol. The Morgan fingerprint density at radius 2 is 1.92 bits per heavy atom. The van der Waals surface area contributed by atoms with Crippen molar-refractivity contribution in [2.75, 3.05) is 5.75 Å². The van der Waals surface area contributed by atoms with Crippen LogP contribution in [-0.2, 0) is 9.84 Å². The molecule has 0 saturated carbocycles. The van der Waals surface area contributed by atoms with Crippen LogP contribution in [0.5, 0.6) is 0 Å². The number of rotatable bonds is 1. The van der Waals surface area contributed by atoms with Crippen LogP contribution in [0.1, 0.15) is 33.6 Å². The van der Waals surface area contributed by atoms with Gasteiger partial charge in [-0.3, -0.25) is 0 Å². The number of aliphatic hydroxyl groups excluding tert-OH is 1. The molecule has 1 rings (SSSR count). The molecule has 0 aromatic carbocycles. The van der Waals surface area contributed by atoms with E-state index in [1.54, 1.807) is 0 Å². The Morgan fingerprint density at radius 1 is 1.38 bits per heavy atom. The zero-order valence-electron chi connectivity index (χ0n) is 8.45. The lowest BCUT2D eigenvalue weighted by Crippen LogP contribution is -2.40. The number of sulfone groups is 1. The molecule has 1 N–H and O–H groups in total. The Hall–Kier alpha value is -0.0900. The lowest BCUT2D eigenvalue weighted by molar-refractivity contribution is 0.0587. The summed E-state index contributed by atoms with van der Waals surface area (Å²) in [6.45, 7) is 5.60. The largest absolute Gasteiger partial charge is 0.391 e. The molecule has 1 aliphatic heterocycles. The molecule has 13 heavy (non-hydrogen) atoms. The normalized spacial score (nSPS) is 30.3. The van der Waals surface area contributed by atoms with Crippen LogP contribution < -0.4 is 0 Å². The van der Waals surface area contributed by atoms with Gasteiger partial charge in [-0.2, -0.15) is 0 Å². The Labute approximate surface area is 80.1 Å². The van der Waals surface area contributed by atoms with E-state index < -0.39 is 21.2 Å². The predicted octanol–water partition coefficient (Wildman–Crippen LogP) is 0.971. The summed E-state index contributed by atoms with van der Waals surface area (Å²) in [5.41, 5.74) is -0.345. The van der Waals surface area contributed by atoms with E-state index in [1.807, 2.05) is 20.8 Å². The highest BCUT2D eigenvalue weighted by molar-refractivity contribution is 7.92. The molecule has 0 aliphatic carbocycles. The minimum Gasteiger partial charge on any atom is -0.391 e. The van der Waals surface area contributed by atoms with Gasteiger partial charge >= 0.3 is 0 Å². The maximum absolute atomic E-state index is 11.5. The van der Waals surface area contributed by atoms with Gasteiger partial charge in [0.25, 0.3) is 0 Å². The van der Waals surface area contributed by atoms with E-state index in [9.17, 15) is 13.5 Å². The van der Waals surface area contributed by atoms with Crippen molar-refractivity contribution in [3.63, 3.8) is 0 Å². The first kappa shape index (κ1) is 11.0. The molecule has 1 aliphatic rings. The lowest BCUT2D eigenvalue weighted by atomic mass is 9.86. The zero-order valence-corrected chi connectivity index (χ0v) is 9.26. The van der Waals surface area contributed by atoms with Gasteiger partial charge in [0, 0.05) is 0 Å². The van der Waals surface area contributed by atoms with Crippen LogP contribution in [0.2, 0.25) is 0 Å². The minimum absolute atomic E-state index is 0.241. The van der Waals surface area contributed by atoms with E-state index in [2.05, 4.69) is 0 Å². The second-order valence-corrected chi connectivity index (χ2v) is 7.20. The fourth-order valence-corrected chi connectivity index (χ4v) is 3.93. The Morgan fingerprint density at radius 3 is 2.23 bits per heavy atom. The SMILES string of the molecule is CC(C)(C)[C@H](O)[C@H]1CCCS1(=O)=O. The van der Waals surface area contributed by atoms with E-state index in [0.29, 0.717) is 12.8 Å². The van der Waals surface area contributed by atoms with Crippen LogP contribution in [0, 0.1) is 5.41 Å². The third-order valence-corrected chi connectivity index (χ3v) is 4.89. The number of hydrogen-bond acceptors (Lipinski definition) is 3. The molecule has 1 fully saturated rings. The first-order valence-corrected chi connectivity index (χ1v) is 6.36. The first-order chi connectivity index (χ1) is 5.75. The van der Waals surface area contributed by atoms with Crippen molar-refractivity contribution in [1.29, 1.82) is 0 Å². The van der Waals surface area contributed by atoms with Gasteiger partial charge in [-0.15, -0.1) is 0 Å². The average molecular weight is 206 g/mol. The molecule has 0 unspecified atom stereocenters. The molecular weight excluding hydrogens is 188 g/mol. The van der Waals surface area contributed by atoms with Crippen molar-refractivity contribution in [1.82, 2.24) is 0 Å². The standard InChI is InChI=1S/C9H18O3S/c1-9(2,3)8(10)7-5-4-6-13(7,11)12/h7-8,10H,4-6H2,1-3H3/t7-,8-/m1/s1. The highest BCUT2D eigenvalue weighted by Gasteiger charge is 2.41. The van der Waals surface area contributed by atoms with Gasteiger partial charge in [0.1, 0.15) is 0 Å². The van der Waals surface area contributed by atoms with Gasteiger partial charge in [0.2, 0.25) is 0 Å². The molecule has 3 nitrogen and oxygen atoms in total. The van der Waals surface area contributed by atoms with Gasteiger partial charge in [0.15, 0.2) is 9.84 Å². The number of aliphatic hydroxyl groups is 1. The van der Waals surface area contributed by atoms with Crippen LogP contribution >= 0.6 is 0 Å². The molecule has 0 amide bonds. The average Bonchev–Trinajstić information content (AvgIpc) is 2.26. The second kappa shape index (κ2) is 3.24. The summed E-state index contributed by atoms with van der Waals surface area (Å²) in [6, 6.07) is 0. The fraction of sp³-hybridized carbons (Fsp3) is 1.00. The van der Waals surface area contributed by atoms with Crippen LogP contribution in [0.25, 0.3) is 0 Å². The summed E-state index contributed by atoms with van der Waals surface area (Å²) in [4.78, 5) is 0. The van der Waals surface area contributed by atoms with Gasteiger partial charge in [0.05, 0.1) is 17.1 Å². The summed E-state index contributed by atoms with van der Waals surface area (Å²) >= 11 is 0. The summed E-state index contributed by atoms with van der Waals surface area (Å²) in [5.74, 6) is 0.241. The van der Waals surface area contributed by atoms with Crippen molar-refractivity contribution in [2.24, 2.45) is 5.41 Å². The zero-order chi connectivity index (χ0) is 10.3. The highest BCUT2D eigenvalue weighted by atomic mass is 32.2. The van der Waals surface area contributed by atoms with Crippen LogP contribution in [0.3, 0.4) is 0 Å². The van der Waals surface area contributed by atoms with E-state index in [0.717, 1.165) is 0 Å². The Bertz CT molecular complexity index is 274. The smallest absolute Gasteiger partial charge is 0.155 e. The molecule has 0 spiro atoms. The van der Waals surface area contributed by atoms with Crippen LogP contribution in [0.4, 0.5) is 0 Å². The van der Waals surface area contributed by atoms with Crippen molar-refractivity contribution < 1.29 is 13.5 Å². The number of hydrogen-bond donors (Lipinski definition) is 1. The molecule has 0 radical (unpaired) electrons. The molecule has 4 heteroatoms. The molecule has 1 saturated heterocycles. The molecule has 0 aromatic rings. The first-order valence-electron chi connectivity index (χ1n) is 4.65. The van der Waals surface area contributed by atoms with Crippen molar-refractivity contribution >= 4 is 9.84 Å². The summed E-state index contributed by atoms with van der Waals surface area (Å²) < 4.78 is 23.0. The summed E-state index contributed by atoms with van der Waals surface area (Å²) in [7, 11) is -3.02. The minimum atomic E-state index is -3.02. The topological polar surface area (TPSA) is 54.4 Å². The van der Waals surface area contributed by atoms with Gasteiger partial charge < -0.3 is 5.11 Å². The van der Waals surface area contributed by atoms with Crippen molar-refractivity contribution in [3.05, 3.63) is 0 Å². The van der Waals surface area contributed by atoms with E-state index in [4.69, 9.17) is 0 Å². The quantitative estimate of drug-likeness (QED) is 0.695. The lowest BCUT2D eigenvalue weighted by Gasteiger charge is -2.29. The van der Waals surface area contributed by atoms with Crippen molar-refractivity contribution in [3.8, 4) is 0 Å². The van der Waals surface area contributed by atoms with Gasteiger partial charge in [-0.05, 0) is 18.3 Å². The van der Waals surface area contributed by atoms with Gasteiger partial charge in [-0.25, -0.2) is 8.42 Å². The van der Waals surface area contributed by atoms with Crippen LogP contribution in [-0.4, -0.2) is 30.6 Å². The highest BCUT2D eigenvalue weighted by Crippen LogP contribution is 2.31. The predicted molar refractivity (Wildman–Crippen MR) is 52.3 cm³/mol. The molecular formula is C9H18O3S.